The molecular weight excluding hydrogens is 218 g/mol. The van der Waals surface area contributed by atoms with E-state index < -0.39 is 0 Å². The smallest absolute Gasteiger partial charge is 0.358 e. The zero-order valence-electron chi connectivity index (χ0n) is 10.4. The van der Waals surface area contributed by atoms with Crippen LogP contribution in [0.1, 0.15) is 42.4 Å². The van der Waals surface area contributed by atoms with Gasteiger partial charge >= 0.3 is 5.97 Å². The largest absolute Gasteiger partial charge is 0.461 e. The summed E-state index contributed by atoms with van der Waals surface area (Å²) in [4.78, 5) is 11.9. The molecule has 1 aliphatic rings. The Kier molecular flexibility index (Phi) is 3.36. The topological polar surface area (TPSA) is 70.1 Å². The summed E-state index contributed by atoms with van der Waals surface area (Å²) in [6, 6.07) is 0. The predicted octanol–water partition coefficient (Wildman–Crippen LogP) is 1.75. The third-order valence-electron chi connectivity index (χ3n) is 3.12. The number of rotatable bonds is 5. The highest BCUT2D eigenvalue weighted by Crippen LogP contribution is 2.32. The fourth-order valence-corrected chi connectivity index (χ4v) is 1.83. The second kappa shape index (κ2) is 4.77. The third-order valence-corrected chi connectivity index (χ3v) is 3.12. The average molecular weight is 237 g/mol. The van der Waals surface area contributed by atoms with Crippen molar-refractivity contribution in [2.45, 2.75) is 39.7 Å². The molecule has 1 heterocycles. The monoisotopic (exact) mass is 237 g/mol. The SMILES string of the molecule is CCn1nc(C)c(N)c1C(=O)OCCC1CC1. The number of aromatic nitrogens is 2. The van der Waals surface area contributed by atoms with Crippen molar-refractivity contribution in [2.24, 2.45) is 5.92 Å². The molecule has 1 fully saturated rings. The zero-order valence-corrected chi connectivity index (χ0v) is 10.4. The predicted molar refractivity (Wildman–Crippen MR) is 64.7 cm³/mol. The van der Waals surface area contributed by atoms with E-state index in [1.54, 1.807) is 11.6 Å². The van der Waals surface area contributed by atoms with Gasteiger partial charge in [-0.2, -0.15) is 5.10 Å². The first-order chi connectivity index (χ1) is 8.13. The van der Waals surface area contributed by atoms with E-state index in [0.29, 0.717) is 30.2 Å². The molecule has 2 N–H and O–H groups in total. The van der Waals surface area contributed by atoms with Gasteiger partial charge in [-0.25, -0.2) is 4.79 Å². The van der Waals surface area contributed by atoms with E-state index in [4.69, 9.17) is 10.5 Å². The number of hydrogen-bond acceptors (Lipinski definition) is 4. The lowest BCUT2D eigenvalue weighted by molar-refractivity contribution is 0.0482. The molecule has 5 nitrogen and oxygen atoms in total. The van der Waals surface area contributed by atoms with Crippen molar-refractivity contribution in [1.29, 1.82) is 0 Å². The molecule has 17 heavy (non-hydrogen) atoms. The van der Waals surface area contributed by atoms with E-state index in [1.807, 2.05) is 6.92 Å². The second-order valence-corrected chi connectivity index (χ2v) is 4.53. The number of hydrogen-bond donors (Lipinski definition) is 1. The van der Waals surface area contributed by atoms with Crippen molar-refractivity contribution in [3.05, 3.63) is 11.4 Å². The fourth-order valence-electron chi connectivity index (χ4n) is 1.83. The van der Waals surface area contributed by atoms with Crippen LogP contribution < -0.4 is 5.73 Å². The Morgan fingerprint density at radius 2 is 2.29 bits per heavy atom. The molecule has 0 amide bonds. The Bertz CT molecular complexity index is 422. The van der Waals surface area contributed by atoms with Crippen LogP contribution in [-0.4, -0.2) is 22.4 Å². The van der Waals surface area contributed by atoms with Crippen molar-refractivity contribution in [3.8, 4) is 0 Å². The van der Waals surface area contributed by atoms with Gasteiger partial charge in [-0.3, -0.25) is 4.68 Å². The van der Waals surface area contributed by atoms with Gasteiger partial charge in [0, 0.05) is 6.54 Å². The maximum absolute atomic E-state index is 11.9. The molecular formula is C12H19N3O2. The molecule has 1 aromatic heterocycles. The van der Waals surface area contributed by atoms with Gasteiger partial charge in [0.25, 0.3) is 0 Å². The first-order valence-corrected chi connectivity index (χ1v) is 6.13. The molecule has 5 heteroatoms. The molecule has 1 aromatic rings. The van der Waals surface area contributed by atoms with Crippen LogP contribution in [0.3, 0.4) is 0 Å². The van der Waals surface area contributed by atoms with E-state index >= 15 is 0 Å². The molecule has 0 saturated heterocycles. The fraction of sp³-hybridized carbons (Fsp3) is 0.667. The third kappa shape index (κ3) is 2.60. The van der Waals surface area contributed by atoms with Crippen LogP contribution in [0.5, 0.6) is 0 Å². The number of carbonyl (C=O) groups is 1. The first-order valence-electron chi connectivity index (χ1n) is 6.13. The van der Waals surface area contributed by atoms with Gasteiger partial charge in [-0.05, 0) is 26.2 Å². The van der Waals surface area contributed by atoms with Crippen molar-refractivity contribution in [1.82, 2.24) is 9.78 Å². The summed E-state index contributed by atoms with van der Waals surface area (Å²) in [5.41, 5.74) is 7.34. The van der Waals surface area contributed by atoms with Crippen LogP contribution in [0, 0.1) is 12.8 Å². The Hall–Kier alpha value is -1.52. The molecule has 0 spiro atoms. The molecule has 0 atom stereocenters. The minimum absolute atomic E-state index is 0.356. The highest BCUT2D eigenvalue weighted by molar-refractivity contribution is 5.93. The Labute approximate surface area is 101 Å². The zero-order chi connectivity index (χ0) is 12.4. The van der Waals surface area contributed by atoms with Crippen LogP contribution in [0.15, 0.2) is 0 Å². The van der Waals surface area contributed by atoms with Crippen molar-refractivity contribution >= 4 is 11.7 Å². The Morgan fingerprint density at radius 3 is 2.88 bits per heavy atom. The van der Waals surface area contributed by atoms with Gasteiger partial charge in [0.1, 0.15) is 0 Å². The van der Waals surface area contributed by atoms with E-state index in [1.165, 1.54) is 12.8 Å². The summed E-state index contributed by atoms with van der Waals surface area (Å²) in [7, 11) is 0. The van der Waals surface area contributed by atoms with Crippen LogP contribution in [0.4, 0.5) is 5.69 Å². The number of nitrogens with zero attached hydrogens (tertiary/aromatic N) is 2. The summed E-state index contributed by atoms with van der Waals surface area (Å²) in [6.45, 7) is 4.82. The minimum atomic E-state index is -0.356. The lowest BCUT2D eigenvalue weighted by Crippen LogP contribution is -2.15. The lowest BCUT2D eigenvalue weighted by Gasteiger charge is -2.06. The van der Waals surface area contributed by atoms with Gasteiger partial charge in [0.2, 0.25) is 0 Å². The summed E-state index contributed by atoms with van der Waals surface area (Å²) >= 11 is 0. The highest BCUT2D eigenvalue weighted by atomic mass is 16.5. The number of ether oxygens (including phenoxy) is 1. The highest BCUT2D eigenvalue weighted by Gasteiger charge is 2.23. The summed E-state index contributed by atoms with van der Waals surface area (Å²) < 4.78 is 6.84. The van der Waals surface area contributed by atoms with Crippen LogP contribution >= 0.6 is 0 Å². The van der Waals surface area contributed by atoms with Gasteiger partial charge in [-0.15, -0.1) is 0 Å². The van der Waals surface area contributed by atoms with Gasteiger partial charge in [0.15, 0.2) is 5.69 Å². The molecule has 94 valence electrons. The van der Waals surface area contributed by atoms with Gasteiger partial charge in [0.05, 0.1) is 18.0 Å². The number of anilines is 1. The van der Waals surface area contributed by atoms with E-state index in [2.05, 4.69) is 5.10 Å². The quantitative estimate of drug-likeness (QED) is 0.792. The Balaban J connectivity index is 2.01. The number of carbonyl (C=O) groups excluding carboxylic acids is 1. The van der Waals surface area contributed by atoms with Crippen molar-refractivity contribution < 1.29 is 9.53 Å². The maximum atomic E-state index is 11.9. The van der Waals surface area contributed by atoms with Crippen molar-refractivity contribution in [2.75, 3.05) is 12.3 Å². The molecule has 0 bridgehead atoms. The van der Waals surface area contributed by atoms with Crippen LogP contribution in [0.2, 0.25) is 0 Å². The van der Waals surface area contributed by atoms with Crippen LogP contribution in [-0.2, 0) is 11.3 Å². The standard InChI is InChI=1S/C12H19N3O2/c1-3-15-11(10(13)8(2)14-15)12(16)17-7-6-9-4-5-9/h9H,3-7,13H2,1-2H3. The lowest BCUT2D eigenvalue weighted by atomic mass is 10.3. The average Bonchev–Trinajstić information content (AvgIpc) is 3.06. The Morgan fingerprint density at radius 1 is 1.59 bits per heavy atom. The number of nitrogens with two attached hydrogens (primary N) is 1. The van der Waals surface area contributed by atoms with E-state index in [-0.39, 0.29) is 5.97 Å². The minimum Gasteiger partial charge on any atom is -0.461 e. The molecule has 0 radical (unpaired) electrons. The number of nitrogen functional groups attached to an aromatic ring is 1. The first kappa shape index (κ1) is 12.0. The normalized spacial score (nSPS) is 14.9. The van der Waals surface area contributed by atoms with Crippen molar-refractivity contribution in [3.63, 3.8) is 0 Å². The molecule has 2 rings (SSSR count). The molecule has 0 aromatic carbocycles. The second-order valence-electron chi connectivity index (χ2n) is 4.53. The van der Waals surface area contributed by atoms with E-state index in [0.717, 1.165) is 12.3 Å². The summed E-state index contributed by atoms with van der Waals surface area (Å²) in [5, 5.41) is 4.20. The molecule has 0 aliphatic heterocycles. The van der Waals surface area contributed by atoms with Gasteiger partial charge < -0.3 is 10.5 Å². The summed E-state index contributed by atoms with van der Waals surface area (Å²) in [5.74, 6) is 0.406. The van der Waals surface area contributed by atoms with Crippen LogP contribution in [0.25, 0.3) is 0 Å². The maximum Gasteiger partial charge on any atom is 0.358 e. The van der Waals surface area contributed by atoms with E-state index in [9.17, 15) is 4.79 Å². The number of aryl methyl sites for hydroxylation is 2. The number of esters is 1. The summed E-state index contributed by atoms with van der Waals surface area (Å²) in [6.07, 6.45) is 3.50. The molecule has 0 unspecified atom stereocenters. The molecule has 1 aliphatic carbocycles. The molecule has 1 saturated carbocycles. The van der Waals surface area contributed by atoms with Gasteiger partial charge in [-0.1, -0.05) is 12.8 Å².